The van der Waals surface area contributed by atoms with E-state index in [2.05, 4.69) is 15.0 Å². The van der Waals surface area contributed by atoms with Gasteiger partial charge in [-0.05, 0) is 12.1 Å². The normalized spacial score (nSPS) is 10.3. The number of nitrogens with one attached hydrogen (secondary N) is 1. The van der Waals surface area contributed by atoms with Crippen molar-refractivity contribution in [2.75, 3.05) is 0 Å². The molecule has 9 heteroatoms. The molecule has 0 unspecified atom stereocenters. The first kappa shape index (κ1) is 14.0. The van der Waals surface area contributed by atoms with Gasteiger partial charge >= 0.3 is 13.6 Å². The molecule has 2 rings (SSSR count). The molecule has 0 aliphatic carbocycles. The predicted octanol–water partition coefficient (Wildman–Crippen LogP) is -0.00750. The molecule has 0 radical (unpaired) electrons. The minimum absolute atomic E-state index is 0.476. The summed E-state index contributed by atoms with van der Waals surface area (Å²) in [5.41, 5.74) is -1.18. The number of hydrogen-bond donors (Lipinski definition) is 4. The predicted molar refractivity (Wildman–Crippen MR) is 61.5 cm³/mol. The van der Waals surface area contributed by atoms with Gasteiger partial charge in [0.15, 0.2) is 5.44 Å². The Kier molecular flexibility index (Phi) is 4.73. The second kappa shape index (κ2) is 6.06. The number of rotatable bonds is 2. The quantitative estimate of drug-likeness (QED) is 0.564. The van der Waals surface area contributed by atoms with E-state index in [9.17, 15) is 9.36 Å². The summed E-state index contributed by atoms with van der Waals surface area (Å²) in [5, 5.41) is 8.55. The fourth-order valence-electron chi connectivity index (χ4n) is 1.01. The first-order chi connectivity index (χ1) is 8.43. The van der Waals surface area contributed by atoms with Gasteiger partial charge in [0, 0.05) is 18.6 Å². The van der Waals surface area contributed by atoms with Gasteiger partial charge in [-0.15, -0.1) is 0 Å². The third-order valence-electron chi connectivity index (χ3n) is 1.70. The molecule has 2 aromatic rings. The minimum atomic E-state index is -4.60. The molecule has 0 spiro atoms. The van der Waals surface area contributed by atoms with Crippen LogP contribution in [0, 0.1) is 0 Å². The van der Waals surface area contributed by atoms with Gasteiger partial charge in [0.2, 0.25) is 0 Å². The van der Waals surface area contributed by atoms with Crippen molar-refractivity contribution in [3.63, 3.8) is 0 Å². The van der Waals surface area contributed by atoms with Gasteiger partial charge in [-0.1, -0.05) is 0 Å². The fourth-order valence-corrected chi connectivity index (χ4v) is 1.71. The van der Waals surface area contributed by atoms with Crippen LogP contribution in [0.3, 0.4) is 0 Å². The van der Waals surface area contributed by atoms with Crippen molar-refractivity contribution in [1.82, 2.24) is 15.0 Å². The van der Waals surface area contributed by atoms with Crippen molar-refractivity contribution in [3.05, 3.63) is 42.6 Å². The summed E-state index contributed by atoms with van der Waals surface area (Å²) in [6.45, 7) is 0. The van der Waals surface area contributed by atoms with Crippen LogP contribution in [0.15, 0.2) is 37.1 Å². The molecule has 0 aromatic carbocycles. The minimum Gasteiger partial charge on any atom is -0.478 e. The van der Waals surface area contributed by atoms with Crippen LogP contribution in [0.4, 0.5) is 0 Å². The molecule has 2 heterocycles. The number of aromatic carboxylic acids is 1. The molecule has 0 aliphatic rings. The van der Waals surface area contributed by atoms with Crippen LogP contribution in [0.25, 0.3) is 0 Å². The van der Waals surface area contributed by atoms with Crippen molar-refractivity contribution in [1.29, 1.82) is 0 Å². The zero-order chi connectivity index (χ0) is 13.6. The lowest BCUT2D eigenvalue weighted by Crippen LogP contribution is -2.18. The lowest BCUT2D eigenvalue weighted by Gasteiger charge is -2.04. The van der Waals surface area contributed by atoms with Gasteiger partial charge < -0.3 is 19.9 Å². The van der Waals surface area contributed by atoms with E-state index in [1.807, 2.05) is 0 Å². The highest BCUT2D eigenvalue weighted by atomic mass is 31.2. The summed E-state index contributed by atoms with van der Waals surface area (Å²) >= 11 is 0. The molecule has 18 heavy (non-hydrogen) atoms. The topological polar surface area (TPSA) is 136 Å². The highest BCUT2D eigenvalue weighted by molar-refractivity contribution is 7.60. The molecule has 0 bridgehead atoms. The molecular weight excluding hydrogens is 261 g/mol. The Labute approximate surface area is 102 Å². The van der Waals surface area contributed by atoms with Crippen LogP contribution >= 0.6 is 7.60 Å². The van der Waals surface area contributed by atoms with Crippen LogP contribution in [0.2, 0.25) is 0 Å². The van der Waals surface area contributed by atoms with Crippen molar-refractivity contribution in [3.8, 4) is 0 Å². The number of carboxylic acid groups (broad SMARTS) is 1. The average molecular weight is 271 g/mol. The van der Waals surface area contributed by atoms with Crippen molar-refractivity contribution < 1.29 is 24.3 Å². The first-order valence-corrected chi connectivity index (χ1v) is 6.21. The Morgan fingerprint density at radius 1 is 1.33 bits per heavy atom. The number of imidazole rings is 1. The van der Waals surface area contributed by atoms with E-state index in [-0.39, 0.29) is 0 Å². The lowest BCUT2D eigenvalue weighted by molar-refractivity contribution is 0.0697. The summed E-state index contributed by atoms with van der Waals surface area (Å²) in [6, 6.07) is 2.38. The Bertz CT molecular complexity index is 534. The second-order valence-corrected chi connectivity index (χ2v) is 4.50. The van der Waals surface area contributed by atoms with Crippen LogP contribution < -0.4 is 5.44 Å². The number of carboxylic acids is 1. The highest BCUT2D eigenvalue weighted by Crippen LogP contribution is 2.33. The number of nitrogens with zero attached hydrogens (tertiary/aromatic N) is 2. The van der Waals surface area contributed by atoms with E-state index in [1.54, 1.807) is 18.7 Å². The van der Waals surface area contributed by atoms with E-state index >= 15 is 0 Å². The third kappa shape index (κ3) is 4.10. The van der Waals surface area contributed by atoms with Crippen molar-refractivity contribution in [2.45, 2.75) is 0 Å². The van der Waals surface area contributed by atoms with Gasteiger partial charge in [0.05, 0.1) is 11.9 Å². The molecule has 0 saturated heterocycles. The number of H-pyrrole nitrogens is 1. The first-order valence-electron chi connectivity index (χ1n) is 4.60. The maximum atomic E-state index is 10.7. The van der Waals surface area contributed by atoms with E-state index in [4.69, 9.17) is 14.9 Å². The summed E-state index contributed by atoms with van der Waals surface area (Å²) in [7, 11) is -4.60. The number of hydrogen-bond acceptors (Lipinski definition) is 4. The van der Waals surface area contributed by atoms with Crippen molar-refractivity contribution in [2.24, 2.45) is 0 Å². The standard InChI is InChI=1S/C6H6NO5P.C3H4N2/c8-6(9)4-2-1-3-7-5(4)13(10,11)12;1-2-5-3-4-1/h1-3H,(H,8,9)(H2,10,11,12);1-3H,(H,4,5). The van der Waals surface area contributed by atoms with Crippen molar-refractivity contribution >= 4 is 19.0 Å². The Hall–Kier alpha value is -2.02. The maximum Gasteiger partial charge on any atom is 0.375 e. The Morgan fingerprint density at radius 3 is 2.39 bits per heavy atom. The summed E-state index contributed by atoms with van der Waals surface area (Å²) < 4.78 is 10.7. The average Bonchev–Trinajstić information content (AvgIpc) is 2.86. The Morgan fingerprint density at radius 2 is 2.06 bits per heavy atom. The van der Waals surface area contributed by atoms with Crippen LogP contribution in [0.5, 0.6) is 0 Å². The molecule has 0 amide bonds. The van der Waals surface area contributed by atoms with E-state index in [0.29, 0.717) is 0 Å². The molecule has 0 aliphatic heterocycles. The monoisotopic (exact) mass is 271 g/mol. The molecule has 8 nitrogen and oxygen atoms in total. The van der Waals surface area contributed by atoms with Gasteiger partial charge in [-0.25, -0.2) is 14.8 Å². The van der Waals surface area contributed by atoms with Gasteiger partial charge in [0.25, 0.3) is 0 Å². The SMILES string of the molecule is O=C(O)c1cccnc1P(=O)(O)O.c1c[nH]cn1. The lowest BCUT2D eigenvalue weighted by atomic mass is 10.3. The van der Waals surface area contributed by atoms with E-state index in [1.165, 1.54) is 6.07 Å². The molecule has 4 N–H and O–H groups in total. The highest BCUT2D eigenvalue weighted by Gasteiger charge is 2.25. The van der Waals surface area contributed by atoms with Crippen LogP contribution in [0.1, 0.15) is 10.4 Å². The van der Waals surface area contributed by atoms with Crippen LogP contribution in [-0.2, 0) is 4.57 Å². The summed E-state index contributed by atoms with van der Waals surface area (Å²) in [4.78, 5) is 37.6. The number of carbonyl (C=O) groups is 1. The number of aromatic amines is 1. The largest absolute Gasteiger partial charge is 0.478 e. The molecular formula is C9H10N3O5P. The molecule has 96 valence electrons. The smallest absolute Gasteiger partial charge is 0.375 e. The maximum absolute atomic E-state index is 10.7. The Balaban J connectivity index is 0.000000269. The summed E-state index contributed by atoms with van der Waals surface area (Å²) in [6.07, 6.45) is 6.21. The molecule has 2 aromatic heterocycles. The van der Waals surface area contributed by atoms with Gasteiger partial charge in [0.1, 0.15) is 0 Å². The summed E-state index contributed by atoms with van der Waals surface area (Å²) in [5.74, 6) is -1.41. The zero-order valence-electron chi connectivity index (χ0n) is 8.96. The van der Waals surface area contributed by atoms with Gasteiger partial charge in [-0.2, -0.15) is 0 Å². The molecule has 0 atom stereocenters. The second-order valence-electron chi connectivity index (χ2n) is 2.98. The van der Waals surface area contributed by atoms with Gasteiger partial charge in [-0.3, -0.25) is 4.57 Å². The number of aromatic nitrogens is 3. The molecule has 0 saturated carbocycles. The number of pyridine rings is 1. The zero-order valence-corrected chi connectivity index (χ0v) is 9.86. The van der Waals surface area contributed by atoms with E-state index < -0.39 is 24.6 Å². The van der Waals surface area contributed by atoms with E-state index in [0.717, 1.165) is 12.3 Å². The molecule has 0 fully saturated rings. The van der Waals surface area contributed by atoms with Crippen LogP contribution in [-0.4, -0.2) is 35.8 Å². The third-order valence-corrected chi connectivity index (χ3v) is 2.61. The fraction of sp³-hybridized carbons (Fsp3) is 0.